The van der Waals surface area contributed by atoms with Gasteiger partial charge in [0.1, 0.15) is 22.5 Å². The number of nitrogens with zero attached hydrogens (tertiary/aromatic N) is 5. The van der Waals surface area contributed by atoms with E-state index in [4.69, 9.17) is 14.5 Å². The van der Waals surface area contributed by atoms with Crippen LogP contribution in [0.1, 0.15) is 6.42 Å². The van der Waals surface area contributed by atoms with Crippen LogP contribution in [0.5, 0.6) is 5.88 Å². The Morgan fingerprint density at radius 3 is 2.68 bits per heavy atom. The predicted molar refractivity (Wildman–Crippen MR) is 133 cm³/mol. The van der Waals surface area contributed by atoms with Crippen molar-refractivity contribution in [1.82, 2.24) is 19.9 Å². The van der Waals surface area contributed by atoms with Crippen molar-refractivity contribution < 1.29 is 17.9 Å². The van der Waals surface area contributed by atoms with Crippen LogP contribution in [0.15, 0.2) is 42.7 Å². The molecule has 3 heterocycles. The van der Waals surface area contributed by atoms with Gasteiger partial charge in [-0.25, -0.2) is 18.4 Å². The molecule has 0 radical (unpaired) electrons. The Bertz CT molecular complexity index is 1220. The van der Waals surface area contributed by atoms with Crippen molar-refractivity contribution in [3.05, 3.63) is 42.7 Å². The number of benzene rings is 1. The molecular formula is C24H31N5O4S. The highest BCUT2D eigenvalue weighted by molar-refractivity contribution is 7.90. The van der Waals surface area contributed by atoms with Gasteiger partial charge in [0, 0.05) is 57.1 Å². The van der Waals surface area contributed by atoms with Crippen LogP contribution < -0.4 is 9.64 Å². The lowest BCUT2D eigenvalue weighted by Crippen LogP contribution is -2.45. The number of anilines is 1. The molecule has 182 valence electrons. The summed E-state index contributed by atoms with van der Waals surface area (Å²) in [5.41, 5.74) is 4.16. The molecule has 1 aliphatic heterocycles. The van der Waals surface area contributed by atoms with Crippen molar-refractivity contribution in [1.29, 1.82) is 0 Å². The highest BCUT2D eigenvalue weighted by atomic mass is 32.2. The van der Waals surface area contributed by atoms with E-state index in [9.17, 15) is 8.42 Å². The fraction of sp³-hybridized carbons (Fsp3) is 0.458. The van der Waals surface area contributed by atoms with Gasteiger partial charge in [-0.2, -0.15) is 0 Å². The summed E-state index contributed by atoms with van der Waals surface area (Å²) in [5.74, 6) is 0.623. The minimum atomic E-state index is -2.95. The standard InChI is InChI=1S/C24H31N5O4S/c1-28(2)19-7-5-18(6-8-19)21-15-22-23(26-10-9-25-22)24(27-21)33-17-20-16-29(12-13-32-20)11-4-14-34(3,30)31/h5-10,15,20H,4,11-14,16-17H2,1-3H3/t20-/m0/s1. The highest BCUT2D eigenvalue weighted by Crippen LogP contribution is 2.28. The van der Waals surface area contributed by atoms with E-state index in [2.05, 4.69) is 14.9 Å². The lowest BCUT2D eigenvalue weighted by Gasteiger charge is -2.32. The van der Waals surface area contributed by atoms with Gasteiger partial charge in [0.05, 0.1) is 23.6 Å². The van der Waals surface area contributed by atoms with Crippen LogP contribution in [0.25, 0.3) is 22.3 Å². The Labute approximate surface area is 200 Å². The summed E-state index contributed by atoms with van der Waals surface area (Å²) in [7, 11) is 1.06. The maximum atomic E-state index is 11.4. The zero-order valence-electron chi connectivity index (χ0n) is 19.8. The summed E-state index contributed by atoms with van der Waals surface area (Å²) in [6.07, 6.45) is 5.03. The fourth-order valence-electron chi connectivity index (χ4n) is 3.93. The van der Waals surface area contributed by atoms with Gasteiger partial charge in [0.15, 0.2) is 5.52 Å². The Morgan fingerprint density at radius 1 is 1.18 bits per heavy atom. The fourth-order valence-corrected chi connectivity index (χ4v) is 4.58. The van der Waals surface area contributed by atoms with Gasteiger partial charge in [-0.05, 0) is 31.2 Å². The zero-order valence-corrected chi connectivity index (χ0v) is 20.7. The molecule has 3 aromatic rings. The monoisotopic (exact) mass is 485 g/mol. The van der Waals surface area contributed by atoms with E-state index >= 15 is 0 Å². The molecule has 0 amide bonds. The summed E-state index contributed by atoms with van der Waals surface area (Å²) in [6.45, 7) is 3.09. The largest absolute Gasteiger partial charge is 0.473 e. The smallest absolute Gasteiger partial charge is 0.242 e. The van der Waals surface area contributed by atoms with Crippen molar-refractivity contribution in [3.8, 4) is 17.1 Å². The van der Waals surface area contributed by atoms with E-state index in [0.29, 0.717) is 43.1 Å². The summed E-state index contributed by atoms with van der Waals surface area (Å²) in [4.78, 5) is 17.9. The third-order valence-electron chi connectivity index (χ3n) is 5.72. The van der Waals surface area contributed by atoms with Gasteiger partial charge in [-0.3, -0.25) is 9.88 Å². The highest BCUT2D eigenvalue weighted by Gasteiger charge is 2.22. The second-order valence-corrected chi connectivity index (χ2v) is 11.0. The topological polar surface area (TPSA) is 97.8 Å². The molecule has 1 fully saturated rings. The number of pyridine rings is 1. The van der Waals surface area contributed by atoms with Crippen molar-refractivity contribution in [2.24, 2.45) is 0 Å². The Hall–Kier alpha value is -2.82. The molecule has 1 aromatic carbocycles. The molecule has 0 spiro atoms. The molecule has 1 aliphatic rings. The first-order chi connectivity index (χ1) is 16.3. The average Bonchev–Trinajstić information content (AvgIpc) is 2.82. The van der Waals surface area contributed by atoms with Gasteiger partial charge >= 0.3 is 0 Å². The maximum Gasteiger partial charge on any atom is 0.242 e. The molecular weight excluding hydrogens is 454 g/mol. The van der Waals surface area contributed by atoms with Crippen LogP contribution in [0, 0.1) is 0 Å². The van der Waals surface area contributed by atoms with E-state index in [0.717, 1.165) is 30.0 Å². The number of rotatable bonds is 9. The molecule has 0 saturated carbocycles. The molecule has 4 rings (SSSR count). The molecule has 9 nitrogen and oxygen atoms in total. The van der Waals surface area contributed by atoms with Crippen LogP contribution in [-0.2, 0) is 14.6 Å². The molecule has 0 aliphatic carbocycles. The summed E-state index contributed by atoms with van der Waals surface area (Å²) in [5, 5.41) is 0. The number of fused-ring (bicyclic) bond motifs is 1. The molecule has 0 N–H and O–H groups in total. The minimum absolute atomic E-state index is 0.136. The molecule has 10 heteroatoms. The van der Waals surface area contributed by atoms with E-state index < -0.39 is 9.84 Å². The normalized spacial score (nSPS) is 17.1. The lowest BCUT2D eigenvalue weighted by molar-refractivity contribution is -0.0481. The van der Waals surface area contributed by atoms with Gasteiger partial charge in [-0.1, -0.05) is 12.1 Å². The van der Waals surface area contributed by atoms with Gasteiger partial charge in [-0.15, -0.1) is 0 Å². The lowest BCUT2D eigenvalue weighted by atomic mass is 10.1. The van der Waals surface area contributed by atoms with Gasteiger partial charge in [0.25, 0.3) is 0 Å². The van der Waals surface area contributed by atoms with E-state index in [-0.39, 0.29) is 11.9 Å². The molecule has 2 aromatic heterocycles. The van der Waals surface area contributed by atoms with Gasteiger partial charge < -0.3 is 14.4 Å². The summed E-state index contributed by atoms with van der Waals surface area (Å²) in [6, 6.07) is 10.1. The van der Waals surface area contributed by atoms with Crippen LogP contribution >= 0.6 is 0 Å². The Kier molecular flexibility index (Phi) is 7.60. The van der Waals surface area contributed by atoms with Gasteiger partial charge in [0.2, 0.25) is 5.88 Å². The summed E-state index contributed by atoms with van der Waals surface area (Å²) >= 11 is 0. The molecule has 1 atom stereocenters. The third-order valence-corrected chi connectivity index (χ3v) is 6.75. The van der Waals surface area contributed by atoms with Crippen molar-refractivity contribution >= 4 is 26.6 Å². The number of morpholine rings is 1. The van der Waals surface area contributed by atoms with Crippen LogP contribution in [0.4, 0.5) is 5.69 Å². The zero-order chi connectivity index (χ0) is 24.1. The molecule has 1 saturated heterocycles. The van der Waals surface area contributed by atoms with E-state index in [1.165, 1.54) is 6.26 Å². The quantitative estimate of drug-likeness (QED) is 0.452. The second kappa shape index (κ2) is 10.6. The van der Waals surface area contributed by atoms with Crippen LogP contribution in [0.3, 0.4) is 0 Å². The van der Waals surface area contributed by atoms with E-state index in [1.54, 1.807) is 12.4 Å². The second-order valence-electron chi connectivity index (χ2n) is 8.77. The van der Waals surface area contributed by atoms with Crippen molar-refractivity contribution in [2.45, 2.75) is 12.5 Å². The predicted octanol–water partition coefficient (Wildman–Crippen LogP) is 2.27. The third kappa shape index (κ3) is 6.40. The number of aromatic nitrogens is 3. The first-order valence-electron chi connectivity index (χ1n) is 11.3. The Balaban J connectivity index is 1.47. The number of hydrogen-bond acceptors (Lipinski definition) is 9. The minimum Gasteiger partial charge on any atom is -0.473 e. The molecule has 0 bridgehead atoms. The molecule has 0 unspecified atom stereocenters. The number of sulfone groups is 1. The van der Waals surface area contributed by atoms with Crippen molar-refractivity contribution in [2.75, 3.05) is 63.9 Å². The summed E-state index contributed by atoms with van der Waals surface area (Å²) < 4.78 is 34.8. The van der Waals surface area contributed by atoms with Crippen LogP contribution in [0.2, 0.25) is 0 Å². The van der Waals surface area contributed by atoms with E-state index in [1.807, 2.05) is 49.3 Å². The number of hydrogen-bond donors (Lipinski definition) is 0. The SMILES string of the molecule is CN(C)c1ccc(-c2cc3nccnc3c(OC[C@@H]3CN(CCCS(C)(=O)=O)CCO3)n2)cc1. The average molecular weight is 486 g/mol. The maximum absolute atomic E-state index is 11.4. The van der Waals surface area contributed by atoms with Crippen molar-refractivity contribution in [3.63, 3.8) is 0 Å². The first-order valence-corrected chi connectivity index (χ1v) is 13.4. The van der Waals surface area contributed by atoms with Crippen LogP contribution in [-0.4, -0.2) is 93.3 Å². The Morgan fingerprint density at radius 2 is 1.94 bits per heavy atom. The molecule has 34 heavy (non-hydrogen) atoms. The first kappa shape index (κ1) is 24.3. The number of ether oxygens (including phenoxy) is 2.